The minimum Gasteiger partial charge on any atom is -0.493 e. The van der Waals surface area contributed by atoms with E-state index >= 15 is 0 Å². The SMILES string of the molecule is CCNC(=O)c1cn(Cc2ccccc2)cc(C(=O)N2CCc3cc(OC)c(OC)cc3C2)c1=O. The maximum Gasteiger partial charge on any atom is 0.259 e. The molecule has 0 atom stereocenters. The third-order valence-electron chi connectivity index (χ3n) is 6.10. The average molecular weight is 476 g/mol. The lowest BCUT2D eigenvalue weighted by Crippen LogP contribution is -2.40. The number of amides is 2. The molecule has 0 unspecified atom stereocenters. The van der Waals surface area contributed by atoms with Crippen molar-refractivity contribution in [3.05, 3.63) is 92.9 Å². The lowest BCUT2D eigenvalue weighted by Gasteiger charge is -2.29. The van der Waals surface area contributed by atoms with E-state index in [-0.39, 0.29) is 11.1 Å². The second-order valence-electron chi connectivity index (χ2n) is 8.38. The average Bonchev–Trinajstić information content (AvgIpc) is 2.88. The summed E-state index contributed by atoms with van der Waals surface area (Å²) in [6.45, 7) is 3.36. The first-order chi connectivity index (χ1) is 16.9. The number of aromatic nitrogens is 1. The molecular weight excluding hydrogens is 446 g/mol. The van der Waals surface area contributed by atoms with Crippen LogP contribution < -0.4 is 20.2 Å². The van der Waals surface area contributed by atoms with Gasteiger partial charge in [-0.3, -0.25) is 14.4 Å². The summed E-state index contributed by atoms with van der Waals surface area (Å²) in [6.07, 6.45) is 3.68. The number of ether oxygens (including phenoxy) is 2. The largest absolute Gasteiger partial charge is 0.493 e. The van der Waals surface area contributed by atoms with Crippen LogP contribution in [0.4, 0.5) is 0 Å². The lowest BCUT2D eigenvalue weighted by atomic mass is 9.98. The number of rotatable bonds is 7. The minimum atomic E-state index is -0.566. The summed E-state index contributed by atoms with van der Waals surface area (Å²) in [4.78, 5) is 41.1. The minimum absolute atomic E-state index is 0.0198. The van der Waals surface area contributed by atoms with E-state index in [1.165, 1.54) is 6.20 Å². The van der Waals surface area contributed by atoms with Gasteiger partial charge in [0.15, 0.2) is 11.5 Å². The molecule has 0 radical (unpaired) electrons. The van der Waals surface area contributed by atoms with Gasteiger partial charge in [0, 0.05) is 38.6 Å². The monoisotopic (exact) mass is 475 g/mol. The van der Waals surface area contributed by atoms with Crippen LogP contribution in [0.3, 0.4) is 0 Å². The first kappa shape index (κ1) is 24.1. The summed E-state index contributed by atoms with van der Waals surface area (Å²) in [5.41, 5.74) is 2.37. The molecule has 3 aromatic rings. The molecule has 2 amide bonds. The number of benzene rings is 2. The van der Waals surface area contributed by atoms with Gasteiger partial charge in [-0.1, -0.05) is 30.3 Å². The van der Waals surface area contributed by atoms with E-state index in [0.29, 0.717) is 44.1 Å². The maximum atomic E-state index is 13.6. The maximum absolute atomic E-state index is 13.6. The number of hydrogen-bond donors (Lipinski definition) is 1. The molecule has 0 fully saturated rings. The van der Waals surface area contributed by atoms with Crippen molar-refractivity contribution in [3.63, 3.8) is 0 Å². The molecule has 0 bridgehead atoms. The van der Waals surface area contributed by atoms with Crippen LogP contribution in [0.15, 0.2) is 59.7 Å². The van der Waals surface area contributed by atoms with Gasteiger partial charge in [0.1, 0.15) is 11.1 Å². The number of nitrogens with zero attached hydrogens (tertiary/aromatic N) is 2. The zero-order chi connectivity index (χ0) is 24.9. The van der Waals surface area contributed by atoms with Gasteiger partial charge in [0.2, 0.25) is 5.43 Å². The standard InChI is InChI=1S/C27H29N3O5/c1-4-28-26(32)21-16-29(14-18-8-6-5-7-9-18)17-22(25(21)31)27(33)30-11-10-19-12-23(34-2)24(35-3)13-20(19)15-30/h5-9,12-13,16-17H,4,10-11,14-15H2,1-3H3,(H,28,32). The summed E-state index contributed by atoms with van der Waals surface area (Å²) >= 11 is 0. The molecule has 0 spiro atoms. The fraction of sp³-hybridized carbons (Fsp3) is 0.296. The van der Waals surface area contributed by atoms with Crippen LogP contribution in [-0.2, 0) is 19.5 Å². The highest BCUT2D eigenvalue weighted by Gasteiger charge is 2.27. The predicted molar refractivity (Wildman–Crippen MR) is 132 cm³/mol. The molecule has 1 N–H and O–H groups in total. The number of carbonyl (C=O) groups is 2. The second-order valence-corrected chi connectivity index (χ2v) is 8.38. The van der Waals surface area contributed by atoms with Crippen LogP contribution in [0.1, 0.15) is 44.3 Å². The highest BCUT2D eigenvalue weighted by atomic mass is 16.5. The molecule has 1 aromatic heterocycles. The summed E-state index contributed by atoms with van der Waals surface area (Å²) in [5.74, 6) is 0.339. The summed E-state index contributed by atoms with van der Waals surface area (Å²) in [7, 11) is 3.16. The summed E-state index contributed by atoms with van der Waals surface area (Å²) < 4.78 is 12.5. The topological polar surface area (TPSA) is 89.9 Å². The van der Waals surface area contributed by atoms with Crippen LogP contribution in [0.5, 0.6) is 11.5 Å². The molecule has 8 heteroatoms. The Hall–Kier alpha value is -4.07. The molecule has 2 heterocycles. The number of carbonyl (C=O) groups excluding carboxylic acids is 2. The van der Waals surface area contributed by atoms with Gasteiger partial charge < -0.3 is 24.3 Å². The molecule has 4 rings (SSSR count). The van der Waals surface area contributed by atoms with Crippen LogP contribution in [0.2, 0.25) is 0 Å². The Kier molecular flexibility index (Phi) is 7.19. The lowest BCUT2D eigenvalue weighted by molar-refractivity contribution is 0.0732. The zero-order valence-corrected chi connectivity index (χ0v) is 20.2. The van der Waals surface area contributed by atoms with Gasteiger partial charge in [-0.25, -0.2) is 0 Å². The molecule has 2 aromatic carbocycles. The van der Waals surface area contributed by atoms with Crippen molar-refractivity contribution in [2.75, 3.05) is 27.3 Å². The number of pyridine rings is 1. The molecule has 182 valence electrons. The van der Waals surface area contributed by atoms with Crippen molar-refractivity contribution >= 4 is 11.8 Å². The van der Waals surface area contributed by atoms with Crippen molar-refractivity contribution < 1.29 is 19.1 Å². The number of hydrogen-bond acceptors (Lipinski definition) is 5. The van der Waals surface area contributed by atoms with E-state index in [2.05, 4.69) is 5.32 Å². The Balaban J connectivity index is 1.69. The van der Waals surface area contributed by atoms with Gasteiger partial charge in [0.25, 0.3) is 11.8 Å². The second kappa shape index (κ2) is 10.5. The van der Waals surface area contributed by atoms with Crippen molar-refractivity contribution in [2.24, 2.45) is 0 Å². The summed E-state index contributed by atoms with van der Waals surface area (Å²) in [6, 6.07) is 13.5. The summed E-state index contributed by atoms with van der Waals surface area (Å²) in [5, 5.41) is 2.67. The number of fused-ring (bicyclic) bond motifs is 1. The van der Waals surface area contributed by atoms with Gasteiger partial charge in [-0.05, 0) is 42.2 Å². The molecule has 35 heavy (non-hydrogen) atoms. The van der Waals surface area contributed by atoms with E-state index in [1.807, 2.05) is 42.5 Å². The molecule has 0 saturated carbocycles. The van der Waals surface area contributed by atoms with Gasteiger partial charge >= 0.3 is 0 Å². The first-order valence-electron chi connectivity index (χ1n) is 11.5. The van der Waals surface area contributed by atoms with Crippen LogP contribution in [0, 0.1) is 0 Å². The number of nitrogens with one attached hydrogen (secondary N) is 1. The zero-order valence-electron chi connectivity index (χ0n) is 20.2. The fourth-order valence-electron chi connectivity index (χ4n) is 4.31. The Morgan fingerprint density at radius 1 is 0.971 bits per heavy atom. The Morgan fingerprint density at radius 3 is 2.29 bits per heavy atom. The molecular formula is C27H29N3O5. The van der Waals surface area contributed by atoms with E-state index in [9.17, 15) is 14.4 Å². The third kappa shape index (κ3) is 5.06. The van der Waals surface area contributed by atoms with Crippen molar-refractivity contribution in [1.82, 2.24) is 14.8 Å². The fourth-order valence-corrected chi connectivity index (χ4v) is 4.31. The molecule has 0 saturated heterocycles. The molecule has 1 aliphatic heterocycles. The van der Waals surface area contributed by atoms with Crippen molar-refractivity contribution in [2.45, 2.75) is 26.4 Å². The molecule has 8 nitrogen and oxygen atoms in total. The normalized spacial score (nSPS) is 12.6. The quantitative estimate of drug-likeness (QED) is 0.568. The van der Waals surface area contributed by atoms with Crippen LogP contribution >= 0.6 is 0 Å². The van der Waals surface area contributed by atoms with Crippen molar-refractivity contribution in [3.8, 4) is 11.5 Å². The van der Waals surface area contributed by atoms with Crippen LogP contribution in [0.25, 0.3) is 0 Å². The third-order valence-corrected chi connectivity index (χ3v) is 6.10. The van der Waals surface area contributed by atoms with E-state index < -0.39 is 17.2 Å². The van der Waals surface area contributed by atoms with Crippen LogP contribution in [-0.4, -0.2) is 48.6 Å². The van der Waals surface area contributed by atoms with E-state index in [1.54, 1.807) is 36.8 Å². The molecule has 1 aliphatic rings. The van der Waals surface area contributed by atoms with Crippen molar-refractivity contribution in [1.29, 1.82) is 0 Å². The van der Waals surface area contributed by atoms with Gasteiger partial charge in [-0.15, -0.1) is 0 Å². The highest BCUT2D eigenvalue weighted by Crippen LogP contribution is 2.33. The van der Waals surface area contributed by atoms with Gasteiger partial charge in [-0.2, -0.15) is 0 Å². The first-order valence-corrected chi connectivity index (χ1v) is 11.5. The molecule has 0 aliphatic carbocycles. The highest BCUT2D eigenvalue weighted by molar-refractivity contribution is 5.99. The van der Waals surface area contributed by atoms with Gasteiger partial charge in [0.05, 0.1) is 14.2 Å². The Labute approximate surface area is 204 Å². The smallest absolute Gasteiger partial charge is 0.259 e. The Bertz CT molecular complexity index is 1300. The van der Waals surface area contributed by atoms with E-state index in [0.717, 1.165) is 16.7 Å². The van der Waals surface area contributed by atoms with E-state index in [4.69, 9.17) is 9.47 Å². The number of methoxy groups -OCH3 is 2. The Morgan fingerprint density at radius 2 is 1.63 bits per heavy atom. The predicted octanol–water partition coefficient (Wildman–Crippen LogP) is 2.86.